The Kier molecular flexibility index (Phi) is 3.23. The van der Waals surface area contributed by atoms with Crippen molar-refractivity contribution in [2.75, 3.05) is 0 Å². The molecule has 1 spiro atoms. The topological polar surface area (TPSA) is 119 Å². The number of aromatic amines is 2. The lowest BCUT2D eigenvalue weighted by Crippen LogP contribution is -2.51. The first-order valence-electron chi connectivity index (χ1n) is 7.08. The lowest BCUT2D eigenvalue weighted by molar-refractivity contribution is -0.141. The van der Waals surface area contributed by atoms with Gasteiger partial charge in [-0.05, 0) is 30.1 Å². The number of carbonyl (C=O) groups is 1. The van der Waals surface area contributed by atoms with Gasteiger partial charge in [-0.25, -0.2) is 0 Å². The minimum absolute atomic E-state index is 0.0235. The van der Waals surface area contributed by atoms with Crippen LogP contribution in [-0.4, -0.2) is 21.0 Å². The van der Waals surface area contributed by atoms with Gasteiger partial charge in [-0.15, -0.1) is 0 Å². The number of aliphatic hydroxyl groups is 1. The number of esters is 1. The van der Waals surface area contributed by atoms with Crippen LogP contribution in [0.15, 0.2) is 16.6 Å². The molecule has 1 aliphatic carbocycles. The summed E-state index contributed by atoms with van der Waals surface area (Å²) >= 11 is 4.91. The van der Waals surface area contributed by atoms with Gasteiger partial charge in [0.15, 0.2) is 10.7 Å². The molecule has 8 heteroatoms. The van der Waals surface area contributed by atoms with Gasteiger partial charge in [0, 0.05) is 6.42 Å². The average molecular weight is 333 g/mol. The fourth-order valence-corrected chi connectivity index (χ4v) is 3.92. The molecule has 0 bridgehead atoms. The van der Waals surface area contributed by atoms with E-state index in [4.69, 9.17) is 17.0 Å². The molecule has 2 heterocycles. The summed E-state index contributed by atoms with van der Waals surface area (Å²) in [7, 11) is 0. The van der Waals surface area contributed by atoms with Gasteiger partial charge in [-0.2, -0.15) is 5.26 Å². The van der Waals surface area contributed by atoms with E-state index in [2.05, 4.69) is 9.97 Å². The van der Waals surface area contributed by atoms with Crippen LogP contribution in [-0.2, 0) is 10.2 Å². The van der Waals surface area contributed by atoms with E-state index >= 15 is 0 Å². The van der Waals surface area contributed by atoms with Gasteiger partial charge >= 0.3 is 5.97 Å². The molecule has 0 fully saturated rings. The molecular weight excluding hydrogens is 318 g/mol. The van der Waals surface area contributed by atoms with Crippen LogP contribution >= 0.6 is 12.2 Å². The van der Waals surface area contributed by atoms with E-state index < -0.39 is 28.3 Å². The average Bonchev–Trinajstić information content (AvgIpc) is 2.34. The Bertz CT molecular complexity index is 889. The summed E-state index contributed by atoms with van der Waals surface area (Å²) in [5, 5.41) is 19.7. The van der Waals surface area contributed by atoms with Crippen molar-refractivity contribution in [3.8, 4) is 11.9 Å². The highest BCUT2D eigenvalue weighted by molar-refractivity contribution is 7.71. The number of hydrogen-bond donors (Lipinski definition) is 3. The third-order valence-electron chi connectivity index (χ3n) is 4.31. The van der Waals surface area contributed by atoms with Gasteiger partial charge in [0.2, 0.25) is 5.88 Å². The standard InChI is InChI=1S/C15H15N3O4S/c1-14(2)3-7(19)4-15(6-14)8(5-16)12(21)22-11-9(15)10(20)17-13(23)18-11/h4,8,19H,3,6H2,1-2H3,(H2,17,18,20,23). The number of nitriles is 1. The van der Waals surface area contributed by atoms with Gasteiger partial charge in [-0.1, -0.05) is 13.8 Å². The van der Waals surface area contributed by atoms with Gasteiger partial charge in [-0.3, -0.25) is 14.6 Å². The van der Waals surface area contributed by atoms with E-state index in [1.165, 1.54) is 6.08 Å². The van der Waals surface area contributed by atoms with Gasteiger partial charge in [0.1, 0.15) is 0 Å². The molecule has 0 saturated carbocycles. The Labute approximate surface area is 136 Å². The quantitative estimate of drug-likeness (QED) is 0.493. The summed E-state index contributed by atoms with van der Waals surface area (Å²) in [6.45, 7) is 3.82. The van der Waals surface area contributed by atoms with Crippen molar-refractivity contribution in [2.45, 2.75) is 32.1 Å². The second-order valence-electron chi connectivity index (χ2n) is 6.79. The maximum Gasteiger partial charge on any atom is 0.331 e. The monoisotopic (exact) mass is 333 g/mol. The molecule has 1 aromatic rings. The molecule has 2 aliphatic rings. The van der Waals surface area contributed by atoms with E-state index in [1.807, 2.05) is 19.9 Å². The number of allylic oxidation sites excluding steroid dienone is 2. The molecule has 2 unspecified atom stereocenters. The Morgan fingerprint density at radius 1 is 1.43 bits per heavy atom. The predicted molar refractivity (Wildman–Crippen MR) is 82.4 cm³/mol. The number of hydrogen-bond acceptors (Lipinski definition) is 6. The first kappa shape index (κ1) is 15.5. The van der Waals surface area contributed by atoms with E-state index in [0.717, 1.165) is 0 Å². The minimum atomic E-state index is -1.25. The van der Waals surface area contributed by atoms with E-state index in [-0.39, 0.29) is 22.0 Å². The highest BCUT2D eigenvalue weighted by Crippen LogP contribution is 2.52. The van der Waals surface area contributed by atoms with Crippen LogP contribution in [0.1, 0.15) is 32.3 Å². The second-order valence-corrected chi connectivity index (χ2v) is 7.20. The number of nitrogens with zero attached hydrogens (tertiary/aromatic N) is 1. The fraction of sp³-hybridized carbons (Fsp3) is 0.467. The van der Waals surface area contributed by atoms with E-state index in [1.54, 1.807) is 0 Å². The summed E-state index contributed by atoms with van der Waals surface area (Å²) in [6, 6.07) is 1.93. The van der Waals surface area contributed by atoms with E-state index in [9.17, 15) is 20.0 Å². The zero-order chi connectivity index (χ0) is 17.0. The summed E-state index contributed by atoms with van der Waals surface area (Å²) < 4.78 is 5.14. The van der Waals surface area contributed by atoms with Crippen LogP contribution < -0.4 is 10.3 Å². The fourth-order valence-electron chi connectivity index (χ4n) is 3.74. The lowest BCUT2D eigenvalue weighted by atomic mass is 9.58. The van der Waals surface area contributed by atoms with Crippen LogP contribution in [0.25, 0.3) is 0 Å². The normalized spacial score (nSPS) is 28.5. The first-order valence-corrected chi connectivity index (χ1v) is 7.48. The SMILES string of the molecule is CC1(C)CC(O)=CC2(C1)c1c([nH]c(=S)[nH]c1=O)OC(=O)C2C#N. The summed E-state index contributed by atoms with van der Waals surface area (Å²) in [6.07, 6.45) is 2.19. The summed E-state index contributed by atoms with van der Waals surface area (Å²) in [5.74, 6) is -2.00. The zero-order valence-electron chi connectivity index (χ0n) is 12.6. The Hall–Kier alpha value is -2.40. The van der Waals surface area contributed by atoms with Crippen LogP contribution in [0.4, 0.5) is 0 Å². The molecule has 0 saturated heterocycles. The molecule has 0 aromatic carbocycles. The first-order chi connectivity index (χ1) is 10.7. The van der Waals surface area contributed by atoms with Crippen LogP contribution in [0.3, 0.4) is 0 Å². The maximum absolute atomic E-state index is 12.5. The molecule has 2 atom stereocenters. The van der Waals surface area contributed by atoms with Crippen molar-refractivity contribution in [3.05, 3.63) is 32.5 Å². The zero-order valence-corrected chi connectivity index (χ0v) is 13.4. The molecule has 3 N–H and O–H groups in total. The number of rotatable bonds is 0. The van der Waals surface area contributed by atoms with Crippen molar-refractivity contribution in [2.24, 2.45) is 11.3 Å². The molecule has 0 amide bonds. The number of aromatic nitrogens is 2. The number of fused-ring (bicyclic) bond motifs is 2. The van der Waals surface area contributed by atoms with Crippen molar-refractivity contribution in [1.29, 1.82) is 5.26 Å². The highest BCUT2D eigenvalue weighted by Gasteiger charge is 2.56. The third-order valence-corrected chi connectivity index (χ3v) is 4.52. The molecule has 3 rings (SSSR count). The molecule has 7 nitrogen and oxygen atoms in total. The van der Waals surface area contributed by atoms with E-state index in [0.29, 0.717) is 12.8 Å². The number of aliphatic hydroxyl groups excluding tert-OH is 1. The Balaban J connectivity index is 2.41. The molecule has 0 radical (unpaired) electrons. The number of ether oxygens (including phenoxy) is 1. The highest BCUT2D eigenvalue weighted by atomic mass is 32.1. The number of H-pyrrole nitrogens is 2. The second kappa shape index (κ2) is 4.80. The molecule has 1 aromatic heterocycles. The van der Waals surface area contributed by atoms with Gasteiger partial charge in [0.05, 0.1) is 22.8 Å². The van der Waals surface area contributed by atoms with Crippen LogP contribution in [0, 0.1) is 27.4 Å². The Morgan fingerprint density at radius 3 is 2.74 bits per heavy atom. The number of nitrogens with one attached hydrogen (secondary N) is 2. The van der Waals surface area contributed by atoms with Crippen molar-refractivity contribution in [3.63, 3.8) is 0 Å². The van der Waals surface area contributed by atoms with Crippen LogP contribution in [0.5, 0.6) is 5.88 Å². The molecule has 1 aliphatic heterocycles. The van der Waals surface area contributed by atoms with Gasteiger partial charge < -0.3 is 14.8 Å². The minimum Gasteiger partial charge on any atom is -0.513 e. The molecular formula is C15H15N3O4S. The summed E-state index contributed by atoms with van der Waals surface area (Å²) in [4.78, 5) is 29.9. The van der Waals surface area contributed by atoms with Crippen molar-refractivity contribution in [1.82, 2.24) is 9.97 Å². The maximum atomic E-state index is 12.5. The largest absolute Gasteiger partial charge is 0.513 e. The predicted octanol–water partition coefficient (Wildman–Crippen LogP) is 1.99. The summed E-state index contributed by atoms with van der Waals surface area (Å²) in [5.41, 5.74) is -2.06. The Morgan fingerprint density at radius 2 is 2.13 bits per heavy atom. The van der Waals surface area contributed by atoms with Gasteiger partial charge in [0.25, 0.3) is 5.56 Å². The molecule has 120 valence electrons. The lowest BCUT2D eigenvalue weighted by Gasteiger charge is -2.45. The van der Waals surface area contributed by atoms with Crippen molar-refractivity contribution < 1.29 is 14.6 Å². The molecule has 23 heavy (non-hydrogen) atoms. The third kappa shape index (κ3) is 2.28. The number of carbonyl (C=O) groups excluding carboxylic acids is 1. The smallest absolute Gasteiger partial charge is 0.331 e. The van der Waals surface area contributed by atoms with Crippen molar-refractivity contribution >= 4 is 18.2 Å². The van der Waals surface area contributed by atoms with Crippen LogP contribution in [0.2, 0.25) is 0 Å².